The van der Waals surface area contributed by atoms with Crippen LogP contribution in [0.4, 0.5) is 14.5 Å². The molecule has 1 atom stereocenters. The Labute approximate surface area is 171 Å². The first-order valence-electron chi connectivity index (χ1n) is 8.99. The van der Waals surface area contributed by atoms with Gasteiger partial charge in [-0.15, -0.1) is 0 Å². The standard InChI is InChI=1S/C20H20ClF2N3O3/c1-28-18-7-5-13(10-15(18)21)25-20(24-11-14-3-2-8-29-14)26-19(27)12-4-6-16(22)17(23)9-12/h4-7,9-10,14H,2-3,8,11H2,1H3,(H2,24,25,26,27). The highest BCUT2D eigenvalue weighted by Gasteiger charge is 2.17. The predicted molar refractivity (Wildman–Crippen MR) is 107 cm³/mol. The van der Waals surface area contributed by atoms with Gasteiger partial charge in [-0.2, -0.15) is 0 Å². The Balaban J connectivity index is 1.78. The number of anilines is 1. The van der Waals surface area contributed by atoms with E-state index < -0.39 is 17.5 Å². The smallest absolute Gasteiger partial charge is 0.258 e. The maximum atomic E-state index is 13.4. The Morgan fingerprint density at radius 2 is 2.10 bits per heavy atom. The highest BCUT2D eigenvalue weighted by molar-refractivity contribution is 6.32. The Bertz CT molecular complexity index is 918. The summed E-state index contributed by atoms with van der Waals surface area (Å²) in [5.41, 5.74) is 0.524. The molecule has 1 amide bonds. The minimum Gasteiger partial charge on any atom is -0.495 e. The van der Waals surface area contributed by atoms with Crippen molar-refractivity contribution in [1.29, 1.82) is 0 Å². The molecule has 1 fully saturated rings. The molecule has 6 nitrogen and oxygen atoms in total. The molecule has 1 unspecified atom stereocenters. The summed E-state index contributed by atoms with van der Waals surface area (Å²) in [6.07, 6.45) is 1.80. The van der Waals surface area contributed by atoms with Crippen molar-refractivity contribution in [2.75, 3.05) is 25.6 Å². The Morgan fingerprint density at radius 3 is 2.76 bits per heavy atom. The van der Waals surface area contributed by atoms with Crippen LogP contribution >= 0.6 is 11.6 Å². The quantitative estimate of drug-likeness (QED) is 0.563. The lowest BCUT2D eigenvalue weighted by Crippen LogP contribution is -2.36. The highest BCUT2D eigenvalue weighted by Crippen LogP contribution is 2.27. The fourth-order valence-electron chi connectivity index (χ4n) is 2.79. The number of rotatable bonds is 5. The lowest BCUT2D eigenvalue weighted by molar-refractivity contribution is 0.0975. The fraction of sp³-hybridized carbons (Fsp3) is 0.300. The number of nitrogens with one attached hydrogen (secondary N) is 2. The first kappa shape index (κ1) is 21.0. The van der Waals surface area contributed by atoms with Gasteiger partial charge >= 0.3 is 0 Å². The van der Waals surface area contributed by atoms with Crippen molar-refractivity contribution in [3.05, 3.63) is 58.6 Å². The van der Waals surface area contributed by atoms with E-state index in [1.54, 1.807) is 18.2 Å². The molecule has 2 aromatic carbocycles. The van der Waals surface area contributed by atoms with E-state index >= 15 is 0 Å². The number of hydrogen-bond acceptors (Lipinski definition) is 4. The summed E-state index contributed by atoms with van der Waals surface area (Å²) < 4.78 is 37.2. The topological polar surface area (TPSA) is 71.9 Å². The number of hydrogen-bond donors (Lipinski definition) is 2. The molecule has 0 aliphatic carbocycles. The fourth-order valence-corrected chi connectivity index (χ4v) is 3.05. The van der Waals surface area contributed by atoms with Crippen LogP contribution in [0, 0.1) is 11.6 Å². The number of carbonyl (C=O) groups excluding carboxylic acids is 1. The van der Waals surface area contributed by atoms with Gasteiger partial charge in [-0.3, -0.25) is 10.1 Å². The van der Waals surface area contributed by atoms with Crippen molar-refractivity contribution in [3.63, 3.8) is 0 Å². The van der Waals surface area contributed by atoms with Crippen molar-refractivity contribution in [2.45, 2.75) is 18.9 Å². The predicted octanol–water partition coefficient (Wildman–Crippen LogP) is 4.00. The van der Waals surface area contributed by atoms with E-state index in [1.807, 2.05) is 0 Å². The maximum Gasteiger partial charge on any atom is 0.258 e. The van der Waals surface area contributed by atoms with Crippen LogP contribution < -0.4 is 15.4 Å². The maximum absolute atomic E-state index is 13.4. The average molecular weight is 424 g/mol. The highest BCUT2D eigenvalue weighted by atomic mass is 35.5. The molecule has 1 saturated heterocycles. The van der Waals surface area contributed by atoms with Crippen LogP contribution in [0.15, 0.2) is 41.4 Å². The third-order valence-corrected chi connectivity index (χ3v) is 4.60. The Hall–Kier alpha value is -2.71. The van der Waals surface area contributed by atoms with E-state index in [4.69, 9.17) is 21.1 Å². The van der Waals surface area contributed by atoms with Crippen LogP contribution in [-0.2, 0) is 4.74 Å². The lowest BCUT2D eigenvalue weighted by atomic mass is 10.2. The minimum atomic E-state index is -1.11. The van der Waals surface area contributed by atoms with Gasteiger partial charge in [0.05, 0.1) is 24.8 Å². The summed E-state index contributed by atoms with van der Waals surface area (Å²) in [7, 11) is 1.50. The van der Waals surface area contributed by atoms with Crippen LogP contribution in [0.1, 0.15) is 23.2 Å². The normalized spacial score (nSPS) is 16.6. The van der Waals surface area contributed by atoms with Crippen molar-refractivity contribution < 1.29 is 23.0 Å². The molecule has 154 valence electrons. The molecule has 1 heterocycles. The van der Waals surface area contributed by atoms with Gasteiger partial charge in [-0.05, 0) is 49.2 Å². The van der Waals surface area contributed by atoms with Crippen molar-refractivity contribution in [1.82, 2.24) is 5.32 Å². The van der Waals surface area contributed by atoms with Crippen molar-refractivity contribution in [2.24, 2.45) is 4.99 Å². The van der Waals surface area contributed by atoms with E-state index in [2.05, 4.69) is 15.6 Å². The summed E-state index contributed by atoms with van der Waals surface area (Å²) in [5, 5.41) is 5.94. The lowest BCUT2D eigenvalue weighted by Gasteiger charge is -2.14. The van der Waals surface area contributed by atoms with Crippen LogP contribution in [0.3, 0.4) is 0 Å². The average Bonchev–Trinajstić information content (AvgIpc) is 3.22. The second-order valence-corrected chi connectivity index (χ2v) is 6.79. The van der Waals surface area contributed by atoms with Gasteiger partial charge < -0.3 is 14.8 Å². The monoisotopic (exact) mass is 423 g/mol. The third kappa shape index (κ3) is 5.65. The largest absolute Gasteiger partial charge is 0.495 e. The van der Waals surface area contributed by atoms with Gasteiger partial charge in [0.1, 0.15) is 5.75 Å². The number of nitrogens with zero attached hydrogens (tertiary/aromatic N) is 1. The number of amides is 1. The molecule has 1 aliphatic rings. The zero-order valence-electron chi connectivity index (χ0n) is 15.7. The summed E-state index contributed by atoms with van der Waals surface area (Å²) in [6.45, 7) is 1.02. The number of halogens is 3. The van der Waals surface area contributed by atoms with Gasteiger partial charge in [0.25, 0.3) is 5.91 Å². The van der Waals surface area contributed by atoms with Crippen LogP contribution in [0.25, 0.3) is 0 Å². The zero-order valence-corrected chi connectivity index (χ0v) is 16.4. The molecule has 29 heavy (non-hydrogen) atoms. The summed E-state index contributed by atoms with van der Waals surface area (Å²) >= 11 is 6.14. The first-order valence-corrected chi connectivity index (χ1v) is 9.37. The molecule has 1 aliphatic heterocycles. The second kappa shape index (κ2) is 9.67. The van der Waals surface area contributed by atoms with Crippen LogP contribution in [0.2, 0.25) is 5.02 Å². The van der Waals surface area contributed by atoms with E-state index in [1.165, 1.54) is 13.2 Å². The first-order chi connectivity index (χ1) is 14.0. The third-order valence-electron chi connectivity index (χ3n) is 4.31. The number of guanidine groups is 1. The van der Waals surface area contributed by atoms with Crippen molar-refractivity contribution >= 4 is 29.2 Å². The van der Waals surface area contributed by atoms with E-state index in [-0.39, 0.29) is 17.6 Å². The van der Waals surface area contributed by atoms with Gasteiger partial charge in [0.2, 0.25) is 5.96 Å². The number of carbonyl (C=O) groups is 1. The van der Waals surface area contributed by atoms with E-state index in [0.29, 0.717) is 29.6 Å². The van der Waals surface area contributed by atoms with Crippen LogP contribution in [-0.4, -0.2) is 38.2 Å². The molecule has 0 radical (unpaired) electrons. The molecule has 2 N–H and O–H groups in total. The molecular weight excluding hydrogens is 404 g/mol. The minimum absolute atomic E-state index is 0.0357. The zero-order chi connectivity index (χ0) is 20.8. The molecule has 9 heteroatoms. The Morgan fingerprint density at radius 1 is 1.28 bits per heavy atom. The van der Waals surface area contributed by atoms with Gasteiger partial charge in [-0.1, -0.05) is 11.6 Å². The van der Waals surface area contributed by atoms with Gasteiger partial charge in [-0.25, -0.2) is 13.8 Å². The summed E-state index contributed by atoms with van der Waals surface area (Å²) in [4.78, 5) is 16.9. The Kier molecular flexibility index (Phi) is 7.00. The summed E-state index contributed by atoms with van der Waals surface area (Å²) in [5.74, 6) is -2.13. The molecule has 0 saturated carbocycles. The van der Waals surface area contributed by atoms with E-state index in [9.17, 15) is 13.6 Å². The number of methoxy groups -OCH3 is 1. The number of ether oxygens (including phenoxy) is 2. The number of benzene rings is 2. The molecular formula is C20H20ClF2N3O3. The number of aliphatic imine (C=N–C) groups is 1. The molecule has 0 spiro atoms. The van der Waals surface area contributed by atoms with Gasteiger partial charge in [0, 0.05) is 17.9 Å². The summed E-state index contributed by atoms with van der Waals surface area (Å²) in [6, 6.07) is 7.90. The molecule has 0 aromatic heterocycles. The molecule has 3 rings (SSSR count). The van der Waals surface area contributed by atoms with Crippen LogP contribution in [0.5, 0.6) is 5.75 Å². The second-order valence-electron chi connectivity index (χ2n) is 6.38. The van der Waals surface area contributed by atoms with Crippen molar-refractivity contribution in [3.8, 4) is 5.75 Å². The molecule has 0 bridgehead atoms. The molecule has 2 aromatic rings. The van der Waals surface area contributed by atoms with E-state index in [0.717, 1.165) is 25.0 Å². The SMILES string of the molecule is COc1ccc(NC(=NCC2CCCO2)NC(=O)c2ccc(F)c(F)c2)cc1Cl. The van der Waals surface area contributed by atoms with Gasteiger partial charge in [0.15, 0.2) is 11.6 Å².